The molecule has 0 aliphatic carbocycles. The van der Waals surface area contributed by atoms with E-state index in [-0.39, 0.29) is 5.78 Å². The van der Waals surface area contributed by atoms with Gasteiger partial charge in [-0.1, -0.05) is 59.6 Å². The van der Waals surface area contributed by atoms with Crippen LogP contribution in [0.3, 0.4) is 0 Å². The summed E-state index contributed by atoms with van der Waals surface area (Å²) in [5.74, 6) is 0.0420. The van der Waals surface area contributed by atoms with Gasteiger partial charge in [0.1, 0.15) is 0 Å². The topological polar surface area (TPSA) is 17.1 Å². The Labute approximate surface area is 129 Å². The number of ketones is 1. The van der Waals surface area contributed by atoms with Crippen LogP contribution < -0.4 is 0 Å². The van der Waals surface area contributed by atoms with E-state index < -0.39 is 0 Å². The molecule has 0 bridgehead atoms. The molecule has 0 aliphatic heterocycles. The summed E-state index contributed by atoms with van der Waals surface area (Å²) in [5.41, 5.74) is 3.60. The molecule has 3 aromatic carbocycles. The molecule has 0 fully saturated rings. The second-order valence-electron chi connectivity index (χ2n) is 5.29. The molecule has 104 valence electrons. The van der Waals surface area contributed by atoms with E-state index in [1.54, 1.807) is 6.07 Å². The Bertz CT molecular complexity index is 849. The highest BCUT2D eigenvalue weighted by molar-refractivity contribution is 6.36. The molecule has 0 aromatic heterocycles. The molecule has 1 nitrogen and oxygen atoms in total. The van der Waals surface area contributed by atoms with Crippen molar-refractivity contribution in [3.63, 3.8) is 0 Å². The molecule has 0 atom stereocenters. The Morgan fingerprint density at radius 3 is 2.24 bits per heavy atom. The first-order valence-corrected chi connectivity index (χ1v) is 7.25. The number of fused-ring (bicyclic) bond motifs is 1. The van der Waals surface area contributed by atoms with E-state index in [2.05, 4.69) is 0 Å². The van der Waals surface area contributed by atoms with Gasteiger partial charge in [0.2, 0.25) is 0 Å². The number of aryl methyl sites for hydroxylation is 2. The maximum absolute atomic E-state index is 12.9. The van der Waals surface area contributed by atoms with Crippen LogP contribution in [0, 0.1) is 13.8 Å². The maximum atomic E-state index is 12.9. The van der Waals surface area contributed by atoms with Gasteiger partial charge < -0.3 is 0 Å². The molecule has 0 saturated carbocycles. The van der Waals surface area contributed by atoms with Crippen molar-refractivity contribution in [2.75, 3.05) is 0 Å². The Balaban J connectivity index is 2.21. The van der Waals surface area contributed by atoms with E-state index in [1.165, 1.54) is 0 Å². The molecule has 0 amide bonds. The van der Waals surface area contributed by atoms with Crippen molar-refractivity contribution < 1.29 is 4.79 Å². The second-order valence-corrected chi connectivity index (χ2v) is 5.70. The molecule has 21 heavy (non-hydrogen) atoms. The standard InChI is InChI=1S/C19H15ClO/c1-12-7-8-14(13(2)11-12)19(21)17-9-10-18(20)16-6-4-3-5-15(16)17/h3-11H,1-2H3. The number of hydrogen-bond donors (Lipinski definition) is 0. The Morgan fingerprint density at radius 2 is 1.52 bits per heavy atom. The first-order valence-electron chi connectivity index (χ1n) is 6.87. The van der Waals surface area contributed by atoms with Gasteiger partial charge >= 0.3 is 0 Å². The molecule has 0 saturated heterocycles. The summed E-state index contributed by atoms with van der Waals surface area (Å²) in [6, 6.07) is 17.2. The van der Waals surface area contributed by atoms with Crippen molar-refractivity contribution in [1.82, 2.24) is 0 Å². The van der Waals surface area contributed by atoms with E-state index in [1.807, 2.05) is 62.4 Å². The summed E-state index contributed by atoms with van der Waals surface area (Å²) in [6.07, 6.45) is 0. The molecular weight excluding hydrogens is 280 g/mol. The molecule has 0 radical (unpaired) electrons. The molecule has 2 heteroatoms. The first-order chi connectivity index (χ1) is 10.1. The van der Waals surface area contributed by atoms with Crippen molar-refractivity contribution in [2.45, 2.75) is 13.8 Å². The van der Waals surface area contributed by atoms with Crippen molar-refractivity contribution in [2.24, 2.45) is 0 Å². The normalized spacial score (nSPS) is 10.8. The number of carbonyl (C=O) groups is 1. The summed E-state index contributed by atoms with van der Waals surface area (Å²) in [4.78, 5) is 12.9. The predicted molar refractivity (Wildman–Crippen MR) is 88.3 cm³/mol. The van der Waals surface area contributed by atoms with E-state index in [9.17, 15) is 4.79 Å². The van der Waals surface area contributed by atoms with Crippen LogP contribution in [-0.4, -0.2) is 5.78 Å². The fourth-order valence-corrected chi connectivity index (χ4v) is 2.90. The van der Waals surface area contributed by atoms with E-state index in [4.69, 9.17) is 11.6 Å². The number of hydrogen-bond acceptors (Lipinski definition) is 1. The van der Waals surface area contributed by atoms with Crippen LogP contribution in [-0.2, 0) is 0 Å². The molecule has 0 heterocycles. The zero-order chi connectivity index (χ0) is 15.0. The summed E-state index contributed by atoms with van der Waals surface area (Å²) in [6.45, 7) is 4.00. The largest absolute Gasteiger partial charge is 0.289 e. The highest BCUT2D eigenvalue weighted by Crippen LogP contribution is 2.28. The summed E-state index contributed by atoms with van der Waals surface area (Å²) < 4.78 is 0. The van der Waals surface area contributed by atoms with E-state index in [0.29, 0.717) is 10.6 Å². The van der Waals surface area contributed by atoms with Crippen LogP contribution in [0.15, 0.2) is 54.6 Å². The van der Waals surface area contributed by atoms with Crippen LogP contribution in [0.5, 0.6) is 0 Å². The molecule has 0 aliphatic rings. The number of carbonyl (C=O) groups excluding carboxylic acids is 1. The molecule has 0 unspecified atom stereocenters. The van der Waals surface area contributed by atoms with Crippen LogP contribution in [0.2, 0.25) is 5.02 Å². The summed E-state index contributed by atoms with van der Waals surface area (Å²) in [7, 11) is 0. The number of rotatable bonds is 2. The van der Waals surface area contributed by atoms with Gasteiger partial charge in [0.15, 0.2) is 5.78 Å². The predicted octanol–water partition coefficient (Wildman–Crippen LogP) is 5.34. The lowest BCUT2D eigenvalue weighted by molar-refractivity contribution is 0.103. The lowest BCUT2D eigenvalue weighted by Crippen LogP contribution is -2.04. The van der Waals surface area contributed by atoms with Crippen LogP contribution in [0.4, 0.5) is 0 Å². The Hall–Kier alpha value is -2.12. The van der Waals surface area contributed by atoms with Crippen molar-refractivity contribution in [1.29, 1.82) is 0 Å². The zero-order valence-electron chi connectivity index (χ0n) is 12.0. The Morgan fingerprint density at radius 1 is 0.857 bits per heavy atom. The monoisotopic (exact) mass is 294 g/mol. The lowest BCUT2D eigenvalue weighted by atomic mass is 9.94. The minimum atomic E-state index is 0.0420. The SMILES string of the molecule is Cc1ccc(C(=O)c2ccc(Cl)c3ccccc23)c(C)c1. The maximum Gasteiger partial charge on any atom is 0.193 e. The third-order valence-electron chi connectivity index (χ3n) is 3.74. The lowest BCUT2D eigenvalue weighted by Gasteiger charge is -2.10. The van der Waals surface area contributed by atoms with Crippen molar-refractivity contribution in [3.8, 4) is 0 Å². The van der Waals surface area contributed by atoms with Gasteiger partial charge in [0.25, 0.3) is 0 Å². The van der Waals surface area contributed by atoms with E-state index >= 15 is 0 Å². The fourth-order valence-electron chi connectivity index (χ4n) is 2.67. The third kappa shape index (κ3) is 2.45. The van der Waals surface area contributed by atoms with Crippen molar-refractivity contribution in [3.05, 3.63) is 81.9 Å². The van der Waals surface area contributed by atoms with E-state index in [0.717, 1.165) is 27.5 Å². The molecule has 3 rings (SSSR count). The first kappa shape index (κ1) is 13.8. The highest BCUT2D eigenvalue weighted by atomic mass is 35.5. The van der Waals surface area contributed by atoms with Gasteiger partial charge in [-0.05, 0) is 36.9 Å². The number of benzene rings is 3. The molecule has 0 N–H and O–H groups in total. The van der Waals surface area contributed by atoms with Crippen LogP contribution >= 0.6 is 11.6 Å². The third-order valence-corrected chi connectivity index (χ3v) is 4.07. The average molecular weight is 295 g/mol. The quantitative estimate of drug-likeness (QED) is 0.583. The highest BCUT2D eigenvalue weighted by Gasteiger charge is 2.15. The minimum absolute atomic E-state index is 0.0420. The van der Waals surface area contributed by atoms with Crippen LogP contribution in [0.1, 0.15) is 27.0 Å². The van der Waals surface area contributed by atoms with Gasteiger partial charge in [0, 0.05) is 21.5 Å². The van der Waals surface area contributed by atoms with Gasteiger partial charge in [-0.25, -0.2) is 0 Å². The molecule has 3 aromatic rings. The molecular formula is C19H15ClO. The molecule has 0 spiro atoms. The minimum Gasteiger partial charge on any atom is -0.289 e. The number of halogens is 1. The van der Waals surface area contributed by atoms with Gasteiger partial charge in [-0.3, -0.25) is 4.79 Å². The smallest absolute Gasteiger partial charge is 0.193 e. The van der Waals surface area contributed by atoms with Crippen molar-refractivity contribution >= 4 is 28.2 Å². The average Bonchev–Trinajstić information content (AvgIpc) is 2.47. The van der Waals surface area contributed by atoms with Gasteiger partial charge in [-0.15, -0.1) is 0 Å². The fraction of sp³-hybridized carbons (Fsp3) is 0.105. The van der Waals surface area contributed by atoms with Crippen LogP contribution in [0.25, 0.3) is 10.8 Å². The second kappa shape index (κ2) is 5.34. The summed E-state index contributed by atoms with van der Waals surface area (Å²) >= 11 is 6.22. The Kier molecular flexibility index (Phi) is 3.52. The summed E-state index contributed by atoms with van der Waals surface area (Å²) in [5, 5.41) is 2.48. The zero-order valence-corrected chi connectivity index (χ0v) is 12.7. The van der Waals surface area contributed by atoms with Gasteiger partial charge in [-0.2, -0.15) is 0 Å². The van der Waals surface area contributed by atoms with Gasteiger partial charge in [0.05, 0.1) is 0 Å².